The average molecular weight is 331 g/mol. The van der Waals surface area contributed by atoms with E-state index in [9.17, 15) is 4.79 Å². The van der Waals surface area contributed by atoms with E-state index in [4.69, 9.17) is 21.4 Å². The Labute approximate surface area is 138 Å². The van der Waals surface area contributed by atoms with Crippen molar-refractivity contribution < 1.29 is 14.6 Å². The number of ether oxygens (including phenoxy) is 1. The van der Waals surface area contributed by atoms with Crippen LogP contribution in [0.15, 0.2) is 42.6 Å². The molecule has 23 heavy (non-hydrogen) atoms. The van der Waals surface area contributed by atoms with Gasteiger partial charge in [-0.3, -0.25) is 4.79 Å². The molecule has 0 saturated heterocycles. The number of fused-ring (bicyclic) bond motifs is 1. The molecule has 0 bridgehead atoms. The molecule has 0 fully saturated rings. The first-order valence-corrected chi connectivity index (χ1v) is 7.49. The number of hydrogen-bond acceptors (Lipinski definition) is 3. The first-order chi connectivity index (χ1) is 11.1. The fourth-order valence-electron chi connectivity index (χ4n) is 2.59. The fraction of sp³-hybridized carbons (Fsp3) is 0.176. The lowest BCUT2D eigenvalue weighted by Gasteiger charge is -2.08. The van der Waals surface area contributed by atoms with E-state index in [1.54, 1.807) is 19.4 Å². The number of benzene rings is 1. The number of hydrogen-bond donors (Lipinski definition) is 1. The molecule has 0 aliphatic heterocycles. The van der Waals surface area contributed by atoms with Crippen molar-refractivity contribution in [2.75, 3.05) is 7.11 Å². The minimum Gasteiger partial charge on any atom is -0.496 e. The smallest absolute Gasteiger partial charge is 0.303 e. The third kappa shape index (κ3) is 3.00. The molecule has 118 valence electrons. The average Bonchev–Trinajstić information content (AvgIpc) is 2.90. The molecule has 0 saturated carbocycles. The molecule has 0 aliphatic carbocycles. The number of aromatic nitrogens is 2. The van der Waals surface area contributed by atoms with E-state index in [1.165, 1.54) is 0 Å². The van der Waals surface area contributed by atoms with Gasteiger partial charge in [0.05, 0.1) is 29.9 Å². The lowest BCUT2D eigenvalue weighted by molar-refractivity contribution is -0.136. The van der Waals surface area contributed by atoms with Gasteiger partial charge in [-0.05, 0) is 24.3 Å². The highest BCUT2D eigenvalue weighted by Gasteiger charge is 2.18. The number of pyridine rings is 1. The van der Waals surface area contributed by atoms with Gasteiger partial charge in [0.25, 0.3) is 0 Å². The first kappa shape index (κ1) is 15.4. The molecule has 2 heterocycles. The summed E-state index contributed by atoms with van der Waals surface area (Å²) in [6.07, 6.45) is 2.12. The second kappa shape index (κ2) is 6.30. The van der Waals surface area contributed by atoms with Gasteiger partial charge < -0.3 is 14.2 Å². The van der Waals surface area contributed by atoms with Crippen LogP contribution in [0.5, 0.6) is 5.75 Å². The highest BCUT2D eigenvalue weighted by Crippen LogP contribution is 2.33. The topological polar surface area (TPSA) is 63.8 Å². The van der Waals surface area contributed by atoms with E-state index >= 15 is 0 Å². The number of carbonyl (C=O) groups is 1. The van der Waals surface area contributed by atoms with Gasteiger partial charge in [0, 0.05) is 18.2 Å². The van der Waals surface area contributed by atoms with Crippen molar-refractivity contribution in [3.63, 3.8) is 0 Å². The number of aliphatic carboxylic acids is 1. The highest BCUT2D eigenvalue weighted by atomic mass is 35.5. The Balaban J connectivity index is 2.22. The van der Waals surface area contributed by atoms with Gasteiger partial charge in [-0.25, -0.2) is 4.98 Å². The Hall–Kier alpha value is -2.53. The first-order valence-electron chi connectivity index (χ1n) is 7.12. The molecule has 0 unspecified atom stereocenters. The molecule has 6 heteroatoms. The lowest BCUT2D eigenvalue weighted by atomic mass is 10.1. The van der Waals surface area contributed by atoms with E-state index in [-0.39, 0.29) is 6.42 Å². The number of rotatable bonds is 5. The molecular weight excluding hydrogens is 316 g/mol. The van der Waals surface area contributed by atoms with E-state index in [1.807, 2.05) is 34.7 Å². The third-order valence-corrected chi connectivity index (χ3v) is 3.84. The molecule has 0 amide bonds. The summed E-state index contributed by atoms with van der Waals surface area (Å²) in [6.45, 7) is 0. The number of carboxylic acid groups (broad SMARTS) is 1. The third-order valence-electron chi connectivity index (χ3n) is 3.62. The molecular formula is C17H15ClN2O3. The van der Waals surface area contributed by atoms with E-state index in [0.29, 0.717) is 22.9 Å². The predicted molar refractivity (Wildman–Crippen MR) is 88.1 cm³/mol. The largest absolute Gasteiger partial charge is 0.496 e. The SMILES string of the molecule is COc1ccccc1-c1nc2ccc(Cl)cn2c1CCC(=O)O. The fourth-order valence-corrected chi connectivity index (χ4v) is 2.75. The molecule has 0 spiro atoms. The molecule has 0 aliphatic rings. The zero-order chi connectivity index (χ0) is 16.4. The number of para-hydroxylation sites is 1. The van der Waals surface area contributed by atoms with Crippen LogP contribution in [0.4, 0.5) is 0 Å². The van der Waals surface area contributed by atoms with E-state index < -0.39 is 5.97 Å². The second-order valence-corrected chi connectivity index (χ2v) is 5.51. The van der Waals surface area contributed by atoms with Gasteiger partial charge in [0.1, 0.15) is 11.4 Å². The van der Waals surface area contributed by atoms with Crippen molar-refractivity contribution in [1.82, 2.24) is 9.38 Å². The molecule has 3 rings (SSSR count). The van der Waals surface area contributed by atoms with Crippen LogP contribution in [0.25, 0.3) is 16.9 Å². The Morgan fingerprint density at radius 1 is 1.30 bits per heavy atom. The van der Waals surface area contributed by atoms with Crippen LogP contribution in [-0.2, 0) is 11.2 Å². The summed E-state index contributed by atoms with van der Waals surface area (Å²) >= 11 is 6.08. The zero-order valence-electron chi connectivity index (χ0n) is 12.5. The summed E-state index contributed by atoms with van der Waals surface area (Å²) in [7, 11) is 1.60. The van der Waals surface area contributed by atoms with Crippen LogP contribution in [0.1, 0.15) is 12.1 Å². The minimum atomic E-state index is -0.854. The van der Waals surface area contributed by atoms with Crippen LogP contribution in [-0.4, -0.2) is 27.6 Å². The number of carboxylic acids is 1. The van der Waals surface area contributed by atoms with Gasteiger partial charge in [-0.1, -0.05) is 23.7 Å². The maximum Gasteiger partial charge on any atom is 0.303 e. The van der Waals surface area contributed by atoms with Gasteiger partial charge in [0.15, 0.2) is 0 Å². The number of imidazole rings is 1. The normalized spacial score (nSPS) is 10.9. The van der Waals surface area contributed by atoms with Crippen molar-refractivity contribution in [3.8, 4) is 17.0 Å². The Bertz CT molecular complexity index is 873. The Morgan fingerprint density at radius 3 is 2.83 bits per heavy atom. The summed E-state index contributed by atoms with van der Waals surface area (Å²) in [4.78, 5) is 15.6. The van der Waals surface area contributed by atoms with Gasteiger partial charge in [-0.15, -0.1) is 0 Å². The van der Waals surface area contributed by atoms with Crippen molar-refractivity contribution >= 4 is 23.2 Å². The standard InChI is InChI=1S/C17H15ClN2O3/c1-23-14-5-3-2-4-12(14)17-13(7-9-16(21)22)20-10-11(18)6-8-15(20)19-17/h2-6,8,10H,7,9H2,1H3,(H,21,22). The summed E-state index contributed by atoms with van der Waals surface area (Å²) in [5.41, 5.74) is 3.06. The predicted octanol–water partition coefficient (Wildman–Crippen LogP) is 3.68. The van der Waals surface area contributed by atoms with Crippen LogP contribution in [0.3, 0.4) is 0 Å². The summed E-state index contributed by atoms with van der Waals surface area (Å²) in [5, 5.41) is 9.59. The molecule has 3 aromatic rings. The van der Waals surface area contributed by atoms with Crippen molar-refractivity contribution in [2.45, 2.75) is 12.8 Å². The van der Waals surface area contributed by atoms with Gasteiger partial charge in [-0.2, -0.15) is 0 Å². The van der Waals surface area contributed by atoms with Gasteiger partial charge >= 0.3 is 5.97 Å². The van der Waals surface area contributed by atoms with Crippen molar-refractivity contribution in [2.24, 2.45) is 0 Å². The zero-order valence-corrected chi connectivity index (χ0v) is 13.2. The van der Waals surface area contributed by atoms with Gasteiger partial charge in [0.2, 0.25) is 0 Å². The van der Waals surface area contributed by atoms with Crippen LogP contribution in [0.2, 0.25) is 5.02 Å². The molecule has 5 nitrogen and oxygen atoms in total. The number of aryl methyl sites for hydroxylation is 1. The van der Waals surface area contributed by atoms with E-state index in [2.05, 4.69) is 4.98 Å². The summed E-state index contributed by atoms with van der Waals surface area (Å²) in [6, 6.07) is 11.1. The monoisotopic (exact) mass is 330 g/mol. The Morgan fingerprint density at radius 2 is 2.09 bits per heavy atom. The quantitative estimate of drug-likeness (QED) is 0.775. The van der Waals surface area contributed by atoms with E-state index in [0.717, 1.165) is 16.9 Å². The molecule has 0 radical (unpaired) electrons. The summed E-state index contributed by atoms with van der Waals surface area (Å²) < 4.78 is 7.25. The maximum atomic E-state index is 11.0. The maximum absolute atomic E-state index is 11.0. The number of halogens is 1. The highest BCUT2D eigenvalue weighted by molar-refractivity contribution is 6.30. The molecule has 1 aromatic carbocycles. The number of nitrogens with zero attached hydrogens (tertiary/aromatic N) is 2. The van der Waals surface area contributed by atoms with Crippen molar-refractivity contribution in [3.05, 3.63) is 53.3 Å². The summed E-state index contributed by atoms with van der Waals surface area (Å²) in [5.74, 6) is -0.161. The van der Waals surface area contributed by atoms with Crippen LogP contribution in [0, 0.1) is 0 Å². The van der Waals surface area contributed by atoms with Crippen LogP contribution < -0.4 is 4.74 Å². The number of methoxy groups -OCH3 is 1. The molecule has 2 aromatic heterocycles. The molecule has 1 N–H and O–H groups in total. The van der Waals surface area contributed by atoms with Crippen molar-refractivity contribution in [1.29, 1.82) is 0 Å². The van der Waals surface area contributed by atoms with Crippen LogP contribution >= 0.6 is 11.6 Å². The Kier molecular flexibility index (Phi) is 4.21. The molecule has 0 atom stereocenters. The lowest BCUT2D eigenvalue weighted by Crippen LogP contribution is -2.02. The minimum absolute atomic E-state index is 0.0163. The second-order valence-electron chi connectivity index (χ2n) is 5.08.